The second-order valence-electron chi connectivity index (χ2n) is 5.55. The van der Waals surface area contributed by atoms with E-state index in [0.717, 1.165) is 51.9 Å². The standard InChI is InChI=1S/C14H20N2OS5/c17-22(13(20)11(18)15-7-3-1-4-8-15)14(21)12(19)16-9-5-2-6-10-16/h1-10H2. The summed E-state index contributed by atoms with van der Waals surface area (Å²) in [6, 6.07) is 0. The highest BCUT2D eigenvalue weighted by molar-refractivity contribution is 8.37. The van der Waals surface area contributed by atoms with Crippen LogP contribution >= 0.6 is 48.9 Å². The van der Waals surface area contributed by atoms with E-state index < -0.39 is 11.2 Å². The highest BCUT2D eigenvalue weighted by atomic mass is 32.2. The molecule has 2 saturated heterocycles. The quantitative estimate of drug-likeness (QED) is 0.462. The van der Waals surface area contributed by atoms with Gasteiger partial charge >= 0.3 is 0 Å². The van der Waals surface area contributed by atoms with Crippen LogP contribution in [0.1, 0.15) is 38.5 Å². The normalized spacial score (nSPS) is 19.2. The maximum absolute atomic E-state index is 12.6. The summed E-state index contributed by atoms with van der Waals surface area (Å²) in [6.45, 7) is 3.55. The molecule has 2 heterocycles. The third kappa shape index (κ3) is 4.64. The van der Waals surface area contributed by atoms with Gasteiger partial charge in [-0.15, -0.1) is 0 Å². The van der Waals surface area contributed by atoms with Crippen molar-refractivity contribution in [2.45, 2.75) is 38.5 Å². The van der Waals surface area contributed by atoms with Crippen molar-refractivity contribution in [2.24, 2.45) is 0 Å². The molecule has 2 aliphatic heterocycles. The predicted octanol–water partition coefficient (Wildman–Crippen LogP) is 3.02. The molecule has 2 rings (SSSR count). The summed E-state index contributed by atoms with van der Waals surface area (Å²) >= 11 is 19.9. The maximum atomic E-state index is 12.6. The van der Waals surface area contributed by atoms with E-state index in [-0.39, 0.29) is 8.39 Å². The van der Waals surface area contributed by atoms with Crippen molar-refractivity contribution in [3.8, 4) is 0 Å². The highest BCUT2D eigenvalue weighted by Crippen LogP contribution is 2.16. The first-order chi connectivity index (χ1) is 10.5. The van der Waals surface area contributed by atoms with Crippen LogP contribution in [0.4, 0.5) is 0 Å². The Morgan fingerprint density at radius 3 is 1.27 bits per heavy atom. The Morgan fingerprint density at radius 1 is 0.636 bits per heavy atom. The van der Waals surface area contributed by atoms with Gasteiger partial charge in [-0.05, 0) is 63.0 Å². The smallest absolute Gasteiger partial charge is 0.257 e. The van der Waals surface area contributed by atoms with Crippen molar-refractivity contribution < 1.29 is 4.55 Å². The Kier molecular flexibility index (Phi) is 7.56. The fourth-order valence-electron chi connectivity index (χ4n) is 2.69. The molecular weight excluding hydrogens is 373 g/mol. The number of hydrogen-bond donors (Lipinski definition) is 0. The Morgan fingerprint density at radius 2 is 0.955 bits per heavy atom. The first-order valence-corrected chi connectivity index (χ1v) is 10.4. The molecule has 0 saturated carbocycles. The summed E-state index contributed by atoms with van der Waals surface area (Å²) in [7, 11) is 0. The summed E-state index contributed by atoms with van der Waals surface area (Å²) in [5, 5.41) is 0. The molecule has 2 fully saturated rings. The van der Waals surface area contributed by atoms with Crippen LogP contribution in [0.25, 0.3) is 0 Å². The lowest BCUT2D eigenvalue weighted by Crippen LogP contribution is -2.46. The van der Waals surface area contributed by atoms with Crippen LogP contribution in [0, 0.1) is 0 Å². The minimum atomic E-state index is -1.58. The van der Waals surface area contributed by atoms with Crippen molar-refractivity contribution >= 4 is 78.4 Å². The third-order valence-corrected chi connectivity index (χ3v) is 7.77. The molecule has 0 N–H and O–H groups in total. The molecule has 0 spiro atoms. The largest absolute Gasteiger partial charge is 0.605 e. The van der Waals surface area contributed by atoms with E-state index in [4.69, 9.17) is 48.9 Å². The van der Waals surface area contributed by atoms with Crippen molar-refractivity contribution in [2.75, 3.05) is 26.2 Å². The maximum Gasteiger partial charge on any atom is 0.257 e. The second kappa shape index (κ2) is 8.94. The molecule has 0 aromatic carbocycles. The van der Waals surface area contributed by atoms with Gasteiger partial charge in [0.15, 0.2) is 9.98 Å². The van der Waals surface area contributed by atoms with Crippen molar-refractivity contribution in [3.63, 3.8) is 0 Å². The van der Waals surface area contributed by atoms with E-state index in [2.05, 4.69) is 0 Å². The highest BCUT2D eigenvalue weighted by Gasteiger charge is 2.33. The number of thiocarbonyl (C=S) groups is 4. The minimum absolute atomic E-state index is 0.265. The average Bonchev–Trinajstić information content (AvgIpc) is 2.60. The fourth-order valence-corrected chi connectivity index (χ4v) is 5.17. The van der Waals surface area contributed by atoms with E-state index in [1.807, 2.05) is 9.80 Å². The molecule has 8 heteroatoms. The summed E-state index contributed by atoms with van der Waals surface area (Å²) in [4.78, 5) is 5.12. The average molecular weight is 393 g/mol. The predicted molar refractivity (Wildman–Crippen MR) is 109 cm³/mol. The molecule has 0 aromatic rings. The van der Waals surface area contributed by atoms with Gasteiger partial charge in [0.2, 0.25) is 0 Å². The van der Waals surface area contributed by atoms with Gasteiger partial charge in [0.25, 0.3) is 8.39 Å². The molecule has 0 amide bonds. The van der Waals surface area contributed by atoms with Crippen LogP contribution in [-0.4, -0.2) is 58.9 Å². The van der Waals surface area contributed by atoms with Crippen LogP contribution < -0.4 is 0 Å². The van der Waals surface area contributed by atoms with Gasteiger partial charge < -0.3 is 14.4 Å². The third-order valence-electron chi connectivity index (χ3n) is 3.97. The molecular formula is C14H20N2OS5. The van der Waals surface area contributed by atoms with Gasteiger partial charge in [0.1, 0.15) is 0 Å². The molecule has 122 valence electrons. The molecule has 3 nitrogen and oxygen atoms in total. The van der Waals surface area contributed by atoms with E-state index in [1.54, 1.807) is 0 Å². The number of piperidine rings is 2. The van der Waals surface area contributed by atoms with Gasteiger partial charge in [-0.25, -0.2) is 0 Å². The molecule has 0 atom stereocenters. The minimum Gasteiger partial charge on any atom is -0.605 e. The Bertz CT molecular complexity index is 428. The molecule has 2 aliphatic rings. The first kappa shape index (κ1) is 18.6. The van der Waals surface area contributed by atoms with E-state index in [0.29, 0.717) is 9.98 Å². The molecule has 0 aliphatic carbocycles. The van der Waals surface area contributed by atoms with E-state index >= 15 is 0 Å². The Hall–Kier alpha value is 0.270. The Balaban J connectivity index is 1.94. The van der Waals surface area contributed by atoms with Gasteiger partial charge in [0.05, 0.1) is 11.2 Å². The summed E-state index contributed by atoms with van der Waals surface area (Å²) in [6.07, 6.45) is 6.84. The molecule has 0 radical (unpaired) electrons. The molecule has 0 aromatic heterocycles. The van der Waals surface area contributed by atoms with Crippen molar-refractivity contribution in [1.29, 1.82) is 0 Å². The molecule has 0 unspecified atom stereocenters. The van der Waals surface area contributed by atoms with Gasteiger partial charge in [0, 0.05) is 26.2 Å². The van der Waals surface area contributed by atoms with Crippen LogP contribution in [0.5, 0.6) is 0 Å². The number of nitrogens with zero attached hydrogens (tertiary/aromatic N) is 2. The monoisotopic (exact) mass is 392 g/mol. The molecule has 22 heavy (non-hydrogen) atoms. The van der Waals surface area contributed by atoms with Gasteiger partial charge in [-0.3, -0.25) is 0 Å². The van der Waals surface area contributed by atoms with Crippen molar-refractivity contribution in [1.82, 2.24) is 9.80 Å². The van der Waals surface area contributed by atoms with E-state index in [9.17, 15) is 4.55 Å². The van der Waals surface area contributed by atoms with Crippen molar-refractivity contribution in [3.05, 3.63) is 0 Å². The summed E-state index contributed by atoms with van der Waals surface area (Å²) in [5.74, 6) is 0. The lowest BCUT2D eigenvalue weighted by atomic mass is 10.1. The molecule has 0 bridgehead atoms. The SMILES string of the molecule is [O-][S+](C(=S)C(=S)N1CCCCC1)C(=S)C(=S)N1CCCCC1. The number of likely N-dealkylation sites (tertiary alicyclic amines) is 2. The van der Waals surface area contributed by atoms with Crippen LogP contribution in [-0.2, 0) is 11.2 Å². The zero-order valence-electron chi connectivity index (χ0n) is 12.4. The van der Waals surface area contributed by atoms with Crippen LogP contribution in [0.15, 0.2) is 0 Å². The topological polar surface area (TPSA) is 29.5 Å². The zero-order chi connectivity index (χ0) is 16.1. The summed E-state index contributed by atoms with van der Waals surface area (Å²) < 4.78 is 13.1. The van der Waals surface area contributed by atoms with Gasteiger partial charge in [-0.1, -0.05) is 24.4 Å². The van der Waals surface area contributed by atoms with Crippen LogP contribution in [0.2, 0.25) is 0 Å². The van der Waals surface area contributed by atoms with E-state index in [1.165, 1.54) is 12.8 Å². The fraction of sp³-hybridized carbons (Fsp3) is 0.714. The lowest BCUT2D eigenvalue weighted by Gasteiger charge is -2.30. The number of hydrogen-bond acceptors (Lipinski definition) is 5. The zero-order valence-corrected chi connectivity index (χ0v) is 16.5. The van der Waals surface area contributed by atoms with Crippen LogP contribution in [0.3, 0.4) is 0 Å². The summed E-state index contributed by atoms with van der Waals surface area (Å²) in [5.41, 5.74) is 0. The van der Waals surface area contributed by atoms with Gasteiger partial charge in [-0.2, -0.15) is 0 Å². The Labute approximate surface area is 157 Å². The second-order valence-corrected chi connectivity index (χ2v) is 9.01. The first-order valence-electron chi connectivity index (χ1n) is 7.60. The number of rotatable bonds is 0. The lowest BCUT2D eigenvalue weighted by molar-refractivity contribution is 0.350.